The fourth-order valence-corrected chi connectivity index (χ4v) is 4.80. The van der Waals surface area contributed by atoms with Crippen molar-refractivity contribution >= 4 is 28.8 Å². The summed E-state index contributed by atoms with van der Waals surface area (Å²) in [5, 5.41) is 20.8. The molecule has 13 heteroatoms. The number of aromatic nitrogens is 7. The molecule has 0 amide bonds. The molecule has 11 nitrogen and oxygen atoms in total. The van der Waals surface area contributed by atoms with Crippen LogP contribution in [0.25, 0.3) is 27.8 Å². The maximum absolute atomic E-state index is 13.6. The summed E-state index contributed by atoms with van der Waals surface area (Å²) in [5.74, 6) is 0.185. The number of ether oxygens (including phenoxy) is 1. The van der Waals surface area contributed by atoms with E-state index in [4.69, 9.17) is 21.4 Å². The lowest BCUT2D eigenvalue weighted by Crippen LogP contribution is -2.27. The van der Waals surface area contributed by atoms with Crippen LogP contribution in [0.5, 0.6) is 5.75 Å². The molecule has 0 radical (unpaired) electrons. The zero-order valence-electron chi connectivity index (χ0n) is 21.0. The Kier molecular flexibility index (Phi) is 6.73. The van der Waals surface area contributed by atoms with Crippen LogP contribution in [0.3, 0.4) is 0 Å². The topological polar surface area (TPSA) is 141 Å². The highest BCUT2D eigenvalue weighted by Crippen LogP contribution is 2.30. The Labute approximate surface area is 235 Å². The predicted octanol–water partition coefficient (Wildman–Crippen LogP) is 5.05. The first-order valence-electron chi connectivity index (χ1n) is 12.2. The number of halogens is 2. The van der Waals surface area contributed by atoms with Gasteiger partial charge in [0.15, 0.2) is 0 Å². The number of benzene rings is 3. The molecule has 0 aliphatic heterocycles. The van der Waals surface area contributed by atoms with Crippen LogP contribution >= 0.6 is 11.6 Å². The van der Waals surface area contributed by atoms with Crippen molar-refractivity contribution in [1.82, 2.24) is 34.7 Å². The number of hydrogen-bond acceptors (Lipinski definition) is 7. The van der Waals surface area contributed by atoms with E-state index in [2.05, 4.69) is 25.5 Å². The van der Waals surface area contributed by atoms with E-state index in [1.807, 2.05) is 0 Å². The van der Waals surface area contributed by atoms with Crippen LogP contribution in [0, 0.1) is 5.82 Å². The van der Waals surface area contributed by atoms with Crippen molar-refractivity contribution in [2.45, 2.75) is 12.5 Å². The maximum Gasteiger partial charge on any atom is 0.511 e. The normalized spacial score (nSPS) is 12.0. The average Bonchev–Trinajstić information content (AvgIpc) is 3.63. The molecule has 0 saturated heterocycles. The van der Waals surface area contributed by atoms with Gasteiger partial charge in [-0.05, 0) is 70.1 Å². The first-order valence-corrected chi connectivity index (χ1v) is 12.6. The van der Waals surface area contributed by atoms with Crippen molar-refractivity contribution in [2.24, 2.45) is 0 Å². The third kappa shape index (κ3) is 5.40. The Balaban J connectivity index is 1.44. The summed E-state index contributed by atoms with van der Waals surface area (Å²) < 4.78 is 21.4. The van der Waals surface area contributed by atoms with Crippen molar-refractivity contribution in [2.75, 3.05) is 0 Å². The largest absolute Gasteiger partial charge is 0.511 e. The highest BCUT2D eigenvalue weighted by atomic mass is 35.5. The second-order valence-corrected chi connectivity index (χ2v) is 9.53. The average molecular weight is 572 g/mol. The number of imidazole rings is 1. The van der Waals surface area contributed by atoms with Crippen LogP contribution in [0.4, 0.5) is 9.18 Å². The molecule has 0 fully saturated rings. The van der Waals surface area contributed by atoms with Crippen molar-refractivity contribution in [3.63, 3.8) is 0 Å². The Morgan fingerprint density at radius 2 is 1.90 bits per heavy atom. The van der Waals surface area contributed by atoms with Gasteiger partial charge >= 0.3 is 6.16 Å². The number of rotatable bonds is 7. The summed E-state index contributed by atoms with van der Waals surface area (Å²) in [5.41, 5.74) is 3.41. The van der Waals surface area contributed by atoms with Gasteiger partial charge in [-0.25, -0.2) is 14.2 Å². The van der Waals surface area contributed by atoms with Gasteiger partial charge < -0.3 is 19.4 Å². The SMILES string of the molecule is O=C(O)Oc1ccc2[nH]c([C@H](Cc3ccc(F)cc3)n3ccc(-c4cc(Cl)ccc4-n4cnnn4)cc3=O)nc2c1. The molecule has 2 N–H and O–H groups in total. The van der Waals surface area contributed by atoms with Crippen LogP contribution in [0.1, 0.15) is 17.4 Å². The summed E-state index contributed by atoms with van der Waals surface area (Å²) in [4.78, 5) is 32.5. The Morgan fingerprint density at radius 3 is 2.63 bits per heavy atom. The monoisotopic (exact) mass is 571 g/mol. The molecule has 0 spiro atoms. The summed E-state index contributed by atoms with van der Waals surface area (Å²) in [6, 6.07) is 18.5. The Bertz CT molecular complexity index is 1940. The number of aromatic amines is 1. The van der Waals surface area contributed by atoms with Gasteiger partial charge in [0, 0.05) is 35.3 Å². The molecule has 3 aromatic heterocycles. The third-order valence-corrected chi connectivity index (χ3v) is 6.72. The molecule has 0 saturated carbocycles. The number of hydrogen-bond donors (Lipinski definition) is 2. The van der Waals surface area contributed by atoms with Gasteiger partial charge in [0.2, 0.25) is 0 Å². The highest BCUT2D eigenvalue weighted by Gasteiger charge is 2.21. The van der Waals surface area contributed by atoms with E-state index >= 15 is 0 Å². The van der Waals surface area contributed by atoms with Gasteiger partial charge in [-0.15, -0.1) is 5.10 Å². The Hall–Kier alpha value is -5.36. The quantitative estimate of drug-likeness (QED) is 0.200. The van der Waals surface area contributed by atoms with E-state index in [0.717, 1.165) is 5.56 Å². The fraction of sp³-hybridized carbons (Fsp3) is 0.0714. The molecule has 204 valence electrons. The van der Waals surface area contributed by atoms with E-state index in [1.54, 1.807) is 48.7 Å². The molecule has 6 aromatic rings. The molecule has 0 aliphatic carbocycles. The highest BCUT2D eigenvalue weighted by molar-refractivity contribution is 6.31. The number of nitrogens with zero attached hydrogens (tertiary/aromatic N) is 6. The van der Waals surface area contributed by atoms with Crippen LogP contribution in [-0.2, 0) is 6.42 Å². The van der Waals surface area contributed by atoms with Gasteiger partial charge in [0.25, 0.3) is 5.56 Å². The first kappa shape index (κ1) is 25.9. The number of pyridine rings is 1. The lowest BCUT2D eigenvalue weighted by Gasteiger charge is -2.19. The van der Waals surface area contributed by atoms with Crippen LogP contribution in [-0.4, -0.2) is 46.0 Å². The van der Waals surface area contributed by atoms with Crippen molar-refractivity contribution < 1.29 is 19.0 Å². The fourth-order valence-electron chi connectivity index (χ4n) is 4.62. The molecule has 6 rings (SSSR count). The first-order chi connectivity index (χ1) is 19.8. The molecule has 0 aliphatic rings. The minimum Gasteiger partial charge on any atom is -0.449 e. The van der Waals surface area contributed by atoms with Crippen molar-refractivity contribution in [3.05, 3.63) is 118 Å². The number of H-pyrrole nitrogens is 1. The number of tetrazole rings is 1. The molecule has 41 heavy (non-hydrogen) atoms. The van der Waals surface area contributed by atoms with E-state index in [1.165, 1.54) is 45.9 Å². The van der Waals surface area contributed by atoms with Crippen LogP contribution in [0.15, 0.2) is 90.1 Å². The van der Waals surface area contributed by atoms with Crippen LogP contribution in [0.2, 0.25) is 5.02 Å². The summed E-state index contributed by atoms with van der Waals surface area (Å²) in [6.07, 6.45) is 1.97. The van der Waals surface area contributed by atoms with E-state index in [-0.39, 0.29) is 17.1 Å². The summed E-state index contributed by atoms with van der Waals surface area (Å²) in [7, 11) is 0. The van der Waals surface area contributed by atoms with E-state index in [0.29, 0.717) is 45.1 Å². The smallest absolute Gasteiger partial charge is 0.449 e. The third-order valence-electron chi connectivity index (χ3n) is 6.49. The minimum absolute atomic E-state index is 0.111. The Morgan fingerprint density at radius 1 is 1.07 bits per heavy atom. The lowest BCUT2D eigenvalue weighted by atomic mass is 10.0. The molecule has 0 bridgehead atoms. The standard InChI is InChI=1S/C28H19ClFN7O4/c29-18-3-8-24(37-15-31-34-35-37)21(13-18)17-9-10-36(26(38)12-17)25(11-16-1-4-19(30)5-2-16)27-32-22-7-6-20(41-28(39)40)14-23(22)33-27/h1-10,12-15,25H,11H2,(H,32,33)(H,39,40)/t25-/m0/s1. The summed E-state index contributed by atoms with van der Waals surface area (Å²) >= 11 is 6.28. The number of fused-ring (bicyclic) bond motifs is 1. The summed E-state index contributed by atoms with van der Waals surface area (Å²) in [6.45, 7) is 0. The maximum atomic E-state index is 13.6. The van der Waals surface area contributed by atoms with E-state index in [9.17, 15) is 14.0 Å². The number of carboxylic acid groups (broad SMARTS) is 1. The lowest BCUT2D eigenvalue weighted by molar-refractivity contribution is 0.144. The number of carbonyl (C=O) groups is 1. The number of nitrogens with one attached hydrogen (secondary N) is 1. The van der Waals surface area contributed by atoms with Gasteiger partial charge in [0.05, 0.1) is 22.8 Å². The minimum atomic E-state index is -1.44. The van der Waals surface area contributed by atoms with Crippen LogP contribution < -0.4 is 10.3 Å². The zero-order chi connectivity index (χ0) is 28.5. The van der Waals surface area contributed by atoms with Crippen molar-refractivity contribution in [3.8, 4) is 22.6 Å². The second kappa shape index (κ2) is 10.7. The van der Waals surface area contributed by atoms with Crippen molar-refractivity contribution in [1.29, 1.82) is 0 Å². The van der Waals surface area contributed by atoms with E-state index < -0.39 is 12.2 Å². The van der Waals surface area contributed by atoms with Gasteiger partial charge in [-0.1, -0.05) is 23.7 Å². The molecule has 3 heterocycles. The van der Waals surface area contributed by atoms with Gasteiger partial charge in [0.1, 0.15) is 23.7 Å². The second-order valence-electron chi connectivity index (χ2n) is 9.09. The molecular weight excluding hydrogens is 553 g/mol. The van der Waals surface area contributed by atoms with Gasteiger partial charge in [-0.3, -0.25) is 4.79 Å². The zero-order valence-corrected chi connectivity index (χ0v) is 21.7. The molecular formula is C28H19ClFN7O4. The molecule has 3 aromatic carbocycles. The predicted molar refractivity (Wildman–Crippen MR) is 147 cm³/mol. The van der Waals surface area contributed by atoms with Gasteiger partial charge in [-0.2, -0.15) is 4.68 Å². The molecule has 0 unspecified atom stereocenters. The molecule has 1 atom stereocenters.